The van der Waals surface area contributed by atoms with Crippen LogP contribution in [0, 0.1) is 5.92 Å². The molecule has 96 valence electrons. The molecule has 1 saturated heterocycles. The van der Waals surface area contributed by atoms with E-state index in [0.717, 1.165) is 32.2 Å². The first kappa shape index (κ1) is 13.9. The number of hydrogen-bond acceptors (Lipinski definition) is 3. The molecule has 1 atom stereocenters. The molecule has 1 rings (SSSR count). The van der Waals surface area contributed by atoms with Crippen LogP contribution in [0.15, 0.2) is 0 Å². The third kappa shape index (κ3) is 5.83. The van der Waals surface area contributed by atoms with Crippen LogP contribution in [-0.4, -0.2) is 50.8 Å². The molecule has 1 aliphatic heterocycles. The largest absolute Gasteiger partial charge is 0.381 e. The lowest BCUT2D eigenvalue weighted by Gasteiger charge is -2.20. The summed E-state index contributed by atoms with van der Waals surface area (Å²) in [6, 6.07) is 0. The van der Waals surface area contributed by atoms with Gasteiger partial charge in [0.2, 0.25) is 0 Å². The van der Waals surface area contributed by atoms with Crippen LogP contribution in [0.2, 0.25) is 0 Å². The maximum absolute atomic E-state index is 5.36. The summed E-state index contributed by atoms with van der Waals surface area (Å²) in [6.07, 6.45) is 3.86. The predicted octanol–water partition coefficient (Wildman–Crippen LogP) is 1.73. The molecule has 1 heterocycles. The van der Waals surface area contributed by atoms with Gasteiger partial charge in [0.05, 0.1) is 6.61 Å². The van der Waals surface area contributed by atoms with Gasteiger partial charge in [0.25, 0.3) is 0 Å². The SMILES string of the molecule is CCCCN(CC)CCNCC1CCOC1. The van der Waals surface area contributed by atoms with E-state index in [0.29, 0.717) is 0 Å². The Morgan fingerprint density at radius 2 is 2.19 bits per heavy atom. The summed E-state index contributed by atoms with van der Waals surface area (Å²) < 4.78 is 5.36. The van der Waals surface area contributed by atoms with Gasteiger partial charge in [0.1, 0.15) is 0 Å². The van der Waals surface area contributed by atoms with Crippen LogP contribution in [0.1, 0.15) is 33.1 Å². The van der Waals surface area contributed by atoms with Crippen molar-refractivity contribution in [2.24, 2.45) is 5.92 Å². The lowest BCUT2D eigenvalue weighted by atomic mass is 10.1. The third-order valence-corrected chi connectivity index (χ3v) is 3.34. The van der Waals surface area contributed by atoms with E-state index in [1.165, 1.54) is 38.9 Å². The molecule has 3 nitrogen and oxygen atoms in total. The molecule has 0 bridgehead atoms. The average Bonchev–Trinajstić information content (AvgIpc) is 2.81. The van der Waals surface area contributed by atoms with Gasteiger partial charge in [-0.15, -0.1) is 0 Å². The summed E-state index contributed by atoms with van der Waals surface area (Å²) in [5.41, 5.74) is 0. The first-order chi connectivity index (χ1) is 7.86. The minimum Gasteiger partial charge on any atom is -0.381 e. The van der Waals surface area contributed by atoms with E-state index < -0.39 is 0 Å². The van der Waals surface area contributed by atoms with Crippen molar-refractivity contribution in [3.8, 4) is 0 Å². The Morgan fingerprint density at radius 3 is 2.81 bits per heavy atom. The van der Waals surface area contributed by atoms with Gasteiger partial charge < -0.3 is 15.0 Å². The van der Waals surface area contributed by atoms with E-state index in [2.05, 4.69) is 24.1 Å². The van der Waals surface area contributed by atoms with Gasteiger partial charge >= 0.3 is 0 Å². The molecule has 1 aliphatic rings. The van der Waals surface area contributed by atoms with E-state index >= 15 is 0 Å². The highest BCUT2D eigenvalue weighted by Gasteiger charge is 2.14. The van der Waals surface area contributed by atoms with Crippen molar-refractivity contribution in [1.82, 2.24) is 10.2 Å². The standard InChI is InChI=1S/C13H28N2O/c1-3-5-8-15(4-2)9-7-14-11-13-6-10-16-12-13/h13-14H,3-12H2,1-2H3. The van der Waals surface area contributed by atoms with Crippen LogP contribution < -0.4 is 5.32 Å². The van der Waals surface area contributed by atoms with Gasteiger partial charge in [0.15, 0.2) is 0 Å². The van der Waals surface area contributed by atoms with Crippen LogP contribution in [0.4, 0.5) is 0 Å². The fraction of sp³-hybridized carbons (Fsp3) is 1.00. The minimum absolute atomic E-state index is 0.755. The van der Waals surface area contributed by atoms with Gasteiger partial charge in [-0.1, -0.05) is 20.3 Å². The summed E-state index contributed by atoms with van der Waals surface area (Å²) in [6.45, 7) is 12.3. The summed E-state index contributed by atoms with van der Waals surface area (Å²) >= 11 is 0. The van der Waals surface area contributed by atoms with Crippen LogP contribution in [0.5, 0.6) is 0 Å². The summed E-state index contributed by atoms with van der Waals surface area (Å²) in [5.74, 6) is 0.755. The van der Waals surface area contributed by atoms with Crippen molar-refractivity contribution < 1.29 is 4.74 Å². The predicted molar refractivity (Wildman–Crippen MR) is 68.8 cm³/mol. The molecule has 0 amide bonds. The zero-order valence-corrected chi connectivity index (χ0v) is 11.0. The molecule has 0 aromatic carbocycles. The second-order valence-corrected chi connectivity index (χ2v) is 4.72. The zero-order chi connectivity index (χ0) is 11.6. The lowest BCUT2D eigenvalue weighted by molar-refractivity contribution is 0.185. The van der Waals surface area contributed by atoms with Crippen molar-refractivity contribution in [3.05, 3.63) is 0 Å². The molecule has 16 heavy (non-hydrogen) atoms. The average molecular weight is 228 g/mol. The maximum Gasteiger partial charge on any atom is 0.0507 e. The normalized spacial score (nSPS) is 20.8. The third-order valence-electron chi connectivity index (χ3n) is 3.34. The molecule has 0 aliphatic carbocycles. The zero-order valence-electron chi connectivity index (χ0n) is 11.0. The van der Waals surface area contributed by atoms with Crippen molar-refractivity contribution in [3.63, 3.8) is 0 Å². The first-order valence-corrected chi connectivity index (χ1v) is 6.87. The van der Waals surface area contributed by atoms with E-state index in [-0.39, 0.29) is 0 Å². The highest BCUT2D eigenvalue weighted by atomic mass is 16.5. The summed E-state index contributed by atoms with van der Waals surface area (Å²) in [7, 11) is 0. The summed E-state index contributed by atoms with van der Waals surface area (Å²) in [5, 5.41) is 3.55. The second kappa shape index (κ2) is 8.97. The highest BCUT2D eigenvalue weighted by molar-refractivity contribution is 4.67. The Labute approximate surface area is 101 Å². The Balaban J connectivity index is 1.95. The number of hydrogen-bond donors (Lipinski definition) is 1. The first-order valence-electron chi connectivity index (χ1n) is 6.87. The van der Waals surface area contributed by atoms with E-state index in [4.69, 9.17) is 4.74 Å². The molecule has 1 fully saturated rings. The Morgan fingerprint density at radius 1 is 1.31 bits per heavy atom. The Hall–Kier alpha value is -0.120. The van der Waals surface area contributed by atoms with Crippen LogP contribution in [0.3, 0.4) is 0 Å². The highest BCUT2D eigenvalue weighted by Crippen LogP contribution is 2.10. The molecular weight excluding hydrogens is 200 g/mol. The molecule has 3 heteroatoms. The van der Waals surface area contributed by atoms with Gasteiger partial charge in [-0.2, -0.15) is 0 Å². The van der Waals surface area contributed by atoms with Gasteiger partial charge in [-0.25, -0.2) is 0 Å². The van der Waals surface area contributed by atoms with E-state index in [1.54, 1.807) is 0 Å². The van der Waals surface area contributed by atoms with Crippen molar-refractivity contribution in [1.29, 1.82) is 0 Å². The molecule has 1 N–H and O–H groups in total. The van der Waals surface area contributed by atoms with Crippen LogP contribution >= 0.6 is 0 Å². The Kier molecular flexibility index (Phi) is 7.81. The van der Waals surface area contributed by atoms with Crippen LogP contribution in [0.25, 0.3) is 0 Å². The molecule has 1 unspecified atom stereocenters. The van der Waals surface area contributed by atoms with Crippen molar-refractivity contribution in [2.75, 3.05) is 45.9 Å². The number of rotatable bonds is 9. The van der Waals surface area contributed by atoms with Crippen LogP contribution in [-0.2, 0) is 4.74 Å². The number of nitrogens with zero attached hydrogens (tertiary/aromatic N) is 1. The maximum atomic E-state index is 5.36. The second-order valence-electron chi connectivity index (χ2n) is 4.72. The van der Waals surface area contributed by atoms with Crippen molar-refractivity contribution >= 4 is 0 Å². The molecule has 0 aromatic rings. The van der Waals surface area contributed by atoms with Crippen molar-refractivity contribution in [2.45, 2.75) is 33.1 Å². The Bertz CT molecular complexity index is 158. The molecular formula is C13H28N2O. The summed E-state index contributed by atoms with van der Waals surface area (Å²) in [4.78, 5) is 2.53. The molecule has 0 spiro atoms. The number of likely N-dealkylation sites (N-methyl/N-ethyl adjacent to an activating group) is 1. The fourth-order valence-electron chi connectivity index (χ4n) is 2.10. The fourth-order valence-corrected chi connectivity index (χ4v) is 2.10. The minimum atomic E-state index is 0.755. The van der Waals surface area contributed by atoms with Gasteiger partial charge in [-0.3, -0.25) is 0 Å². The van der Waals surface area contributed by atoms with E-state index in [9.17, 15) is 0 Å². The lowest BCUT2D eigenvalue weighted by Crippen LogP contribution is -2.34. The quantitative estimate of drug-likeness (QED) is 0.608. The topological polar surface area (TPSA) is 24.5 Å². The molecule has 0 radical (unpaired) electrons. The molecule has 0 aromatic heterocycles. The number of unbranched alkanes of at least 4 members (excludes halogenated alkanes) is 1. The van der Waals surface area contributed by atoms with Gasteiger partial charge in [-0.05, 0) is 31.8 Å². The number of ether oxygens (including phenoxy) is 1. The van der Waals surface area contributed by atoms with E-state index in [1.807, 2.05) is 0 Å². The monoisotopic (exact) mass is 228 g/mol. The van der Waals surface area contributed by atoms with Gasteiger partial charge in [0, 0.05) is 26.2 Å². The molecule has 0 saturated carbocycles. The number of nitrogens with one attached hydrogen (secondary N) is 1. The smallest absolute Gasteiger partial charge is 0.0507 e.